The summed E-state index contributed by atoms with van der Waals surface area (Å²) in [4.78, 5) is 0.925. The van der Waals surface area contributed by atoms with Crippen molar-refractivity contribution in [2.24, 2.45) is 5.14 Å². The van der Waals surface area contributed by atoms with Gasteiger partial charge in [0.1, 0.15) is 0 Å². The molecule has 0 saturated heterocycles. The topological polar surface area (TPSA) is 60.2 Å². The molecule has 0 radical (unpaired) electrons. The molecule has 0 aromatic heterocycles. The number of thioether (sulfide) groups is 1. The summed E-state index contributed by atoms with van der Waals surface area (Å²) in [6.07, 6.45) is 0.772. The molecule has 1 aliphatic heterocycles. The molecule has 0 bridgehead atoms. The zero-order valence-electron chi connectivity index (χ0n) is 11.9. The Morgan fingerprint density at radius 3 is 2.22 bits per heavy atom. The molecule has 0 saturated carbocycles. The van der Waals surface area contributed by atoms with E-state index in [0.29, 0.717) is 5.56 Å². The van der Waals surface area contributed by atoms with E-state index in [4.69, 9.17) is 5.14 Å². The van der Waals surface area contributed by atoms with Crippen LogP contribution in [0.3, 0.4) is 0 Å². The first-order valence-electron chi connectivity index (χ1n) is 6.81. The van der Waals surface area contributed by atoms with Crippen LogP contribution in [-0.4, -0.2) is 14.2 Å². The molecule has 2 aromatic rings. The number of hydrogen-bond acceptors (Lipinski definition) is 3. The van der Waals surface area contributed by atoms with Gasteiger partial charge >= 0.3 is 0 Å². The zero-order chi connectivity index (χ0) is 16.6. The van der Waals surface area contributed by atoms with Crippen LogP contribution in [0.5, 0.6) is 0 Å². The molecule has 0 fully saturated rings. The lowest BCUT2D eigenvalue weighted by Gasteiger charge is -2.09. The average molecular weight is 353 g/mol. The first kappa shape index (κ1) is 16.2. The second-order valence-electron chi connectivity index (χ2n) is 5.10. The third-order valence-electron chi connectivity index (χ3n) is 3.59. The summed E-state index contributed by atoms with van der Waals surface area (Å²) in [6.45, 7) is 0. The van der Waals surface area contributed by atoms with Crippen molar-refractivity contribution in [2.45, 2.75) is 11.3 Å². The molecule has 0 amide bonds. The van der Waals surface area contributed by atoms with Crippen molar-refractivity contribution in [1.82, 2.24) is 0 Å². The maximum absolute atomic E-state index is 13.5. The van der Waals surface area contributed by atoms with Gasteiger partial charge in [0.25, 0.3) is 0 Å². The van der Waals surface area contributed by atoms with Crippen molar-refractivity contribution in [2.75, 3.05) is 5.75 Å². The second kappa shape index (κ2) is 6.07. The fourth-order valence-electron chi connectivity index (χ4n) is 2.47. The summed E-state index contributed by atoms with van der Waals surface area (Å²) < 4.78 is 49.2. The highest BCUT2D eigenvalue weighted by Gasteiger charge is 2.20. The lowest BCUT2D eigenvalue weighted by molar-refractivity contribution is 0.508. The minimum absolute atomic E-state index is 0.0434. The fourth-order valence-corrected chi connectivity index (χ4v) is 4.19. The molecule has 0 aliphatic carbocycles. The number of benzene rings is 2. The van der Waals surface area contributed by atoms with Gasteiger partial charge in [0, 0.05) is 10.7 Å². The summed E-state index contributed by atoms with van der Waals surface area (Å²) in [6, 6.07) is 10.1. The number of allylic oxidation sites excluding steroid dienone is 1. The Hall–Kier alpha value is -1.70. The Balaban J connectivity index is 2.04. The smallest absolute Gasteiger partial charge is 0.225 e. The van der Waals surface area contributed by atoms with Gasteiger partial charge in [-0.1, -0.05) is 18.2 Å². The molecule has 3 rings (SSSR count). The molecule has 2 aromatic carbocycles. The van der Waals surface area contributed by atoms with E-state index in [1.807, 2.05) is 0 Å². The molecule has 23 heavy (non-hydrogen) atoms. The Kier molecular flexibility index (Phi) is 4.27. The zero-order valence-corrected chi connectivity index (χ0v) is 13.6. The molecular weight excluding hydrogens is 340 g/mol. The van der Waals surface area contributed by atoms with E-state index in [9.17, 15) is 17.2 Å². The van der Waals surface area contributed by atoms with Crippen molar-refractivity contribution in [3.8, 4) is 0 Å². The molecule has 1 aliphatic rings. The van der Waals surface area contributed by atoms with Crippen LogP contribution in [0.2, 0.25) is 0 Å². The van der Waals surface area contributed by atoms with Gasteiger partial charge in [-0.3, -0.25) is 0 Å². The van der Waals surface area contributed by atoms with Gasteiger partial charge in [0.05, 0.1) is 4.90 Å². The maximum Gasteiger partial charge on any atom is 0.238 e. The Morgan fingerprint density at radius 2 is 1.61 bits per heavy atom. The van der Waals surface area contributed by atoms with Gasteiger partial charge in [-0.25, -0.2) is 22.3 Å². The van der Waals surface area contributed by atoms with Crippen molar-refractivity contribution in [3.63, 3.8) is 0 Å². The van der Waals surface area contributed by atoms with Gasteiger partial charge in [-0.15, -0.1) is 11.8 Å². The Labute approximate surface area is 137 Å². The second-order valence-corrected chi connectivity index (χ2v) is 7.77. The molecule has 0 spiro atoms. The molecule has 1 heterocycles. The van der Waals surface area contributed by atoms with E-state index in [1.54, 1.807) is 30.0 Å². The van der Waals surface area contributed by atoms with Gasteiger partial charge < -0.3 is 0 Å². The standard InChI is InChI=1S/C16H13F2NO2S2/c17-14-6-3-11(9-15(14)18)16-13(7-8-22-16)10-1-4-12(5-2-10)23(19,20)21/h1-6,9H,7-8H2,(H2,19,20,21). The Morgan fingerprint density at radius 1 is 0.957 bits per heavy atom. The third kappa shape index (κ3) is 3.31. The van der Waals surface area contributed by atoms with Crippen LogP contribution in [0.4, 0.5) is 8.78 Å². The Bertz CT molecular complexity index is 891. The summed E-state index contributed by atoms with van der Waals surface area (Å²) in [5.74, 6) is -0.927. The van der Waals surface area contributed by atoms with Gasteiger partial charge in [0.2, 0.25) is 10.0 Å². The summed E-state index contributed by atoms with van der Waals surface area (Å²) in [7, 11) is -3.73. The van der Waals surface area contributed by atoms with Crippen molar-refractivity contribution in [3.05, 3.63) is 65.2 Å². The van der Waals surface area contributed by atoms with Crippen LogP contribution in [0.15, 0.2) is 47.4 Å². The fraction of sp³-hybridized carbons (Fsp3) is 0.125. The first-order chi connectivity index (χ1) is 10.9. The van der Waals surface area contributed by atoms with E-state index in [1.165, 1.54) is 18.2 Å². The molecule has 2 N–H and O–H groups in total. The largest absolute Gasteiger partial charge is 0.238 e. The number of nitrogens with two attached hydrogens (primary N) is 1. The molecule has 3 nitrogen and oxygen atoms in total. The minimum atomic E-state index is -3.73. The number of hydrogen-bond donors (Lipinski definition) is 1. The van der Waals surface area contributed by atoms with Crippen LogP contribution in [0, 0.1) is 11.6 Å². The molecule has 7 heteroatoms. The van der Waals surface area contributed by atoms with Crippen LogP contribution >= 0.6 is 11.8 Å². The highest BCUT2D eigenvalue weighted by molar-refractivity contribution is 8.08. The van der Waals surface area contributed by atoms with Crippen molar-refractivity contribution < 1.29 is 17.2 Å². The van der Waals surface area contributed by atoms with E-state index in [-0.39, 0.29) is 4.90 Å². The number of halogens is 2. The predicted molar refractivity (Wildman–Crippen MR) is 88.1 cm³/mol. The van der Waals surface area contributed by atoms with Crippen molar-refractivity contribution in [1.29, 1.82) is 0 Å². The highest BCUT2D eigenvalue weighted by Crippen LogP contribution is 2.44. The van der Waals surface area contributed by atoms with Gasteiger partial charge in [-0.05, 0) is 47.4 Å². The molecule has 0 atom stereocenters. The lowest BCUT2D eigenvalue weighted by Crippen LogP contribution is -2.11. The number of sulfonamides is 1. The minimum Gasteiger partial charge on any atom is -0.225 e. The van der Waals surface area contributed by atoms with Crippen LogP contribution in [-0.2, 0) is 10.0 Å². The van der Waals surface area contributed by atoms with Gasteiger partial charge in [-0.2, -0.15) is 0 Å². The maximum atomic E-state index is 13.5. The highest BCUT2D eigenvalue weighted by atomic mass is 32.2. The summed E-state index contributed by atoms with van der Waals surface area (Å²) >= 11 is 1.57. The lowest BCUT2D eigenvalue weighted by atomic mass is 10.0. The van der Waals surface area contributed by atoms with E-state index in [2.05, 4.69) is 0 Å². The first-order valence-corrected chi connectivity index (χ1v) is 9.34. The molecular formula is C16H13F2NO2S2. The van der Waals surface area contributed by atoms with Crippen molar-refractivity contribution >= 4 is 32.3 Å². The van der Waals surface area contributed by atoms with E-state index < -0.39 is 21.7 Å². The van der Waals surface area contributed by atoms with Crippen LogP contribution in [0.1, 0.15) is 17.5 Å². The number of rotatable bonds is 3. The normalized spacial score (nSPS) is 15.3. The van der Waals surface area contributed by atoms with Crippen LogP contribution in [0.25, 0.3) is 10.5 Å². The number of primary sulfonamides is 1. The summed E-state index contributed by atoms with van der Waals surface area (Å²) in [5.41, 5.74) is 2.46. The average Bonchev–Trinajstić information content (AvgIpc) is 2.99. The predicted octanol–water partition coefficient (Wildman–Crippen LogP) is 3.62. The summed E-state index contributed by atoms with van der Waals surface area (Å²) in [5, 5.41) is 5.09. The van der Waals surface area contributed by atoms with Gasteiger partial charge in [0.15, 0.2) is 11.6 Å². The molecule has 120 valence electrons. The van der Waals surface area contributed by atoms with Crippen LogP contribution < -0.4 is 5.14 Å². The quantitative estimate of drug-likeness (QED) is 0.917. The van der Waals surface area contributed by atoms with E-state index >= 15 is 0 Å². The third-order valence-corrected chi connectivity index (χ3v) is 5.69. The van der Waals surface area contributed by atoms with E-state index in [0.717, 1.165) is 34.3 Å². The monoisotopic (exact) mass is 353 g/mol. The SMILES string of the molecule is NS(=O)(=O)c1ccc(C2=C(c3ccc(F)c(F)c3)SCC2)cc1. The molecule has 0 unspecified atom stereocenters.